The third-order valence-corrected chi connectivity index (χ3v) is 8.28. The van der Waals surface area contributed by atoms with Crippen LogP contribution in [0.4, 0.5) is 0 Å². The first-order chi connectivity index (χ1) is 12.6. The zero-order valence-electron chi connectivity index (χ0n) is 15.8. The SMILES string of the molecule is C[C@]12C=CC(=O)C=C1CC[C@@H]1[C@@H]2[C@H](O)C[C@@]2(C)[C@H]1C[C@@H](O)[C@]2(O)C(=O)CO. The van der Waals surface area contributed by atoms with Crippen LogP contribution in [-0.4, -0.2) is 56.4 Å². The molecule has 6 nitrogen and oxygen atoms in total. The predicted octanol–water partition coefficient (Wildman–Crippen LogP) is 0.528. The fraction of sp³-hybridized carbons (Fsp3) is 0.714. The molecule has 3 saturated carbocycles. The average Bonchev–Trinajstić information content (AvgIpc) is 2.82. The van der Waals surface area contributed by atoms with Gasteiger partial charge in [0.1, 0.15) is 6.61 Å². The van der Waals surface area contributed by atoms with E-state index in [1.165, 1.54) is 0 Å². The van der Waals surface area contributed by atoms with Crippen LogP contribution in [0, 0.1) is 28.6 Å². The Morgan fingerprint density at radius 2 is 2.00 bits per heavy atom. The summed E-state index contributed by atoms with van der Waals surface area (Å²) in [5.41, 5.74) is -2.46. The van der Waals surface area contributed by atoms with Crippen molar-refractivity contribution in [2.24, 2.45) is 28.6 Å². The Kier molecular flexibility index (Phi) is 4.10. The van der Waals surface area contributed by atoms with Gasteiger partial charge in [0.2, 0.25) is 0 Å². The molecule has 0 unspecified atom stereocenters. The Morgan fingerprint density at radius 1 is 1.30 bits per heavy atom. The second-order valence-electron chi connectivity index (χ2n) is 9.31. The number of aliphatic hydroxyl groups is 4. The smallest absolute Gasteiger partial charge is 0.192 e. The van der Waals surface area contributed by atoms with Gasteiger partial charge in [-0.05, 0) is 49.7 Å². The number of hydrogen-bond donors (Lipinski definition) is 4. The summed E-state index contributed by atoms with van der Waals surface area (Å²) in [7, 11) is 0. The molecule has 3 fully saturated rings. The lowest BCUT2D eigenvalue weighted by Crippen LogP contribution is -2.63. The molecule has 148 valence electrons. The Hall–Kier alpha value is -1.34. The summed E-state index contributed by atoms with van der Waals surface area (Å²) in [6.45, 7) is 2.96. The minimum Gasteiger partial charge on any atom is -0.393 e. The number of carbonyl (C=O) groups is 2. The van der Waals surface area contributed by atoms with Crippen molar-refractivity contribution >= 4 is 11.6 Å². The molecule has 0 spiro atoms. The molecule has 4 rings (SSSR count). The van der Waals surface area contributed by atoms with Crippen LogP contribution in [0.3, 0.4) is 0 Å². The summed E-state index contributed by atoms with van der Waals surface area (Å²) in [5, 5.41) is 42.3. The van der Waals surface area contributed by atoms with Crippen molar-refractivity contribution in [3.63, 3.8) is 0 Å². The molecule has 4 aliphatic rings. The van der Waals surface area contributed by atoms with E-state index in [9.17, 15) is 30.0 Å². The van der Waals surface area contributed by atoms with Gasteiger partial charge in [-0.25, -0.2) is 0 Å². The van der Waals surface area contributed by atoms with E-state index in [4.69, 9.17) is 0 Å². The van der Waals surface area contributed by atoms with Crippen molar-refractivity contribution in [3.05, 3.63) is 23.8 Å². The van der Waals surface area contributed by atoms with E-state index < -0.39 is 41.0 Å². The molecule has 0 bridgehead atoms. The Morgan fingerprint density at radius 3 is 2.67 bits per heavy atom. The lowest BCUT2D eigenvalue weighted by molar-refractivity contribution is -0.190. The number of ketones is 2. The fourth-order valence-electron chi connectivity index (χ4n) is 6.96. The molecule has 0 aromatic rings. The maximum atomic E-state index is 12.4. The molecule has 6 heteroatoms. The molecule has 0 saturated heterocycles. The summed E-state index contributed by atoms with van der Waals surface area (Å²) in [6.07, 6.45) is 4.97. The van der Waals surface area contributed by atoms with Crippen LogP contribution < -0.4 is 0 Å². The van der Waals surface area contributed by atoms with Crippen molar-refractivity contribution in [3.8, 4) is 0 Å². The number of aliphatic hydroxyl groups excluding tert-OH is 3. The number of rotatable bonds is 2. The normalized spacial score (nSPS) is 51.3. The lowest BCUT2D eigenvalue weighted by Gasteiger charge is -2.59. The largest absolute Gasteiger partial charge is 0.393 e. The Bertz CT molecular complexity index is 756. The second kappa shape index (κ2) is 5.83. The van der Waals surface area contributed by atoms with Crippen LogP contribution in [0.15, 0.2) is 23.8 Å². The topological polar surface area (TPSA) is 115 Å². The summed E-state index contributed by atoms with van der Waals surface area (Å²) in [4.78, 5) is 24.2. The molecule has 27 heavy (non-hydrogen) atoms. The lowest BCUT2D eigenvalue weighted by atomic mass is 9.46. The first-order valence-electron chi connectivity index (χ1n) is 9.76. The number of fused-ring (bicyclic) bond motifs is 5. The number of allylic oxidation sites excluding steroid dienone is 4. The first-order valence-corrected chi connectivity index (χ1v) is 9.76. The third-order valence-electron chi connectivity index (χ3n) is 8.28. The molecule has 0 aromatic carbocycles. The van der Waals surface area contributed by atoms with Gasteiger partial charge in [0, 0.05) is 16.7 Å². The summed E-state index contributed by atoms with van der Waals surface area (Å²) in [6, 6.07) is 0. The molecule has 4 N–H and O–H groups in total. The maximum absolute atomic E-state index is 12.4. The highest BCUT2D eigenvalue weighted by Gasteiger charge is 2.71. The van der Waals surface area contributed by atoms with Crippen LogP contribution in [-0.2, 0) is 9.59 Å². The van der Waals surface area contributed by atoms with Gasteiger partial charge in [0.15, 0.2) is 17.2 Å². The Balaban J connectivity index is 1.78. The molecule has 0 heterocycles. The van der Waals surface area contributed by atoms with E-state index in [1.807, 2.05) is 13.0 Å². The second-order valence-corrected chi connectivity index (χ2v) is 9.31. The van der Waals surface area contributed by atoms with Gasteiger partial charge in [-0.1, -0.05) is 25.5 Å². The minimum atomic E-state index is -2.05. The van der Waals surface area contributed by atoms with Crippen molar-refractivity contribution in [1.29, 1.82) is 0 Å². The van der Waals surface area contributed by atoms with Gasteiger partial charge >= 0.3 is 0 Å². The van der Waals surface area contributed by atoms with E-state index in [-0.39, 0.29) is 36.4 Å². The number of hydrogen-bond acceptors (Lipinski definition) is 6. The monoisotopic (exact) mass is 376 g/mol. The van der Waals surface area contributed by atoms with Gasteiger partial charge in [-0.3, -0.25) is 9.59 Å². The predicted molar refractivity (Wildman–Crippen MR) is 96.4 cm³/mol. The molecular formula is C21H28O6. The van der Waals surface area contributed by atoms with Crippen LogP contribution >= 0.6 is 0 Å². The minimum absolute atomic E-state index is 0.00826. The zero-order valence-corrected chi connectivity index (χ0v) is 15.8. The highest BCUT2D eigenvalue weighted by Crippen LogP contribution is 2.67. The highest BCUT2D eigenvalue weighted by molar-refractivity contribution is 6.01. The molecule has 0 amide bonds. The number of Topliss-reactive ketones (excluding diaryl/α,β-unsaturated/α-hetero) is 1. The molecule has 8 atom stereocenters. The molecule has 0 aromatic heterocycles. The average molecular weight is 376 g/mol. The molecule has 0 aliphatic heterocycles. The van der Waals surface area contributed by atoms with Gasteiger partial charge in [0.25, 0.3) is 0 Å². The third kappa shape index (κ3) is 2.21. The van der Waals surface area contributed by atoms with E-state index >= 15 is 0 Å². The molecule has 4 aliphatic carbocycles. The van der Waals surface area contributed by atoms with E-state index in [2.05, 4.69) is 0 Å². The van der Waals surface area contributed by atoms with E-state index in [1.54, 1.807) is 19.1 Å². The van der Waals surface area contributed by atoms with Crippen molar-refractivity contribution < 1.29 is 30.0 Å². The number of carbonyl (C=O) groups excluding carboxylic acids is 2. The van der Waals surface area contributed by atoms with Crippen molar-refractivity contribution in [2.75, 3.05) is 6.61 Å². The summed E-state index contributed by atoms with van der Waals surface area (Å²) in [5.74, 6) is -1.09. The fourth-order valence-corrected chi connectivity index (χ4v) is 6.96. The van der Waals surface area contributed by atoms with Gasteiger partial charge in [0.05, 0.1) is 12.2 Å². The van der Waals surface area contributed by atoms with Crippen LogP contribution in [0.25, 0.3) is 0 Å². The first kappa shape index (κ1) is 19.0. The van der Waals surface area contributed by atoms with Crippen molar-refractivity contribution in [1.82, 2.24) is 0 Å². The molecule has 0 radical (unpaired) electrons. The Labute approximate surface area is 158 Å². The van der Waals surface area contributed by atoms with Gasteiger partial charge in [-0.2, -0.15) is 0 Å². The highest BCUT2D eigenvalue weighted by atomic mass is 16.4. The summed E-state index contributed by atoms with van der Waals surface area (Å²) >= 11 is 0. The summed E-state index contributed by atoms with van der Waals surface area (Å²) < 4.78 is 0. The van der Waals surface area contributed by atoms with Gasteiger partial charge < -0.3 is 20.4 Å². The van der Waals surface area contributed by atoms with Crippen LogP contribution in [0.2, 0.25) is 0 Å². The zero-order chi connectivity index (χ0) is 19.8. The van der Waals surface area contributed by atoms with E-state index in [0.717, 1.165) is 18.4 Å². The standard InChI is InChI=1S/C21H28O6/c1-19-6-5-12(23)7-11(19)3-4-13-14-8-16(25)21(27,17(26)10-22)20(14,2)9-15(24)18(13)19/h5-7,13-16,18,22,24-25,27H,3-4,8-10H2,1-2H3/t13-,14-,15+,16+,18+,19-,20-,21-/m0/s1. The van der Waals surface area contributed by atoms with Crippen molar-refractivity contribution in [2.45, 2.75) is 57.3 Å². The molecular weight excluding hydrogens is 348 g/mol. The maximum Gasteiger partial charge on any atom is 0.192 e. The van der Waals surface area contributed by atoms with Crippen LogP contribution in [0.1, 0.15) is 39.5 Å². The quantitative estimate of drug-likeness (QED) is 0.559. The van der Waals surface area contributed by atoms with E-state index in [0.29, 0.717) is 0 Å². The van der Waals surface area contributed by atoms with Crippen LogP contribution in [0.5, 0.6) is 0 Å². The van der Waals surface area contributed by atoms with Gasteiger partial charge in [-0.15, -0.1) is 0 Å².